The third-order valence-electron chi connectivity index (χ3n) is 2.51. The van der Waals surface area contributed by atoms with Crippen molar-refractivity contribution in [1.29, 1.82) is 0 Å². The van der Waals surface area contributed by atoms with Crippen molar-refractivity contribution in [3.05, 3.63) is 22.0 Å². The fourth-order valence-electron chi connectivity index (χ4n) is 1.65. The van der Waals surface area contributed by atoms with Crippen molar-refractivity contribution < 1.29 is 14.3 Å². The first kappa shape index (κ1) is 12.8. The van der Waals surface area contributed by atoms with Gasteiger partial charge in [0.05, 0.1) is 12.0 Å². The summed E-state index contributed by atoms with van der Waals surface area (Å²) in [5, 5.41) is 2.62. The molecule has 8 nitrogen and oxygen atoms in total. The molecule has 2 aromatic heterocycles. The minimum absolute atomic E-state index is 0.00107. The number of nitrogen functional groups attached to an aromatic ring is 1. The van der Waals surface area contributed by atoms with Crippen LogP contribution in [0.15, 0.2) is 10.9 Å². The fourth-order valence-corrected chi connectivity index (χ4v) is 1.65. The van der Waals surface area contributed by atoms with Crippen LogP contribution in [0, 0.1) is 0 Å². The lowest BCUT2D eigenvalue weighted by Gasteiger charge is -2.03. The van der Waals surface area contributed by atoms with Crippen molar-refractivity contribution >= 4 is 28.7 Å². The van der Waals surface area contributed by atoms with Crippen LogP contribution in [0.25, 0.3) is 11.0 Å². The van der Waals surface area contributed by atoms with E-state index in [1.54, 1.807) is 6.92 Å². The summed E-state index contributed by atoms with van der Waals surface area (Å²) in [6.45, 7) is 3.06. The second-order valence-corrected chi connectivity index (χ2v) is 3.81. The first-order valence-corrected chi connectivity index (χ1v) is 5.55. The monoisotopic (exact) mass is 264 g/mol. The number of hydrogen-bond donors (Lipinski definition) is 2. The summed E-state index contributed by atoms with van der Waals surface area (Å²) in [4.78, 5) is 38.6. The first-order chi connectivity index (χ1) is 8.95. The van der Waals surface area contributed by atoms with Crippen LogP contribution in [0.2, 0.25) is 0 Å². The van der Waals surface area contributed by atoms with Gasteiger partial charge < -0.3 is 10.5 Å². The zero-order valence-electron chi connectivity index (χ0n) is 10.4. The van der Waals surface area contributed by atoms with E-state index in [0.29, 0.717) is 0 Å². The number of nitrogens with two attached hydrogens (primary N) is 1. The zero-order chi connectivity index (χ0) is 14.2. The minimum Gasteiger partial charge on any atom is -0.462 e. The van der Waals surface area contributed by atoms with Crippen LogP contribution in [-0.4, -0.2) is 33.2 Å². The summed E-state index contributed by atoms with van der Waals surface area (Å²) in [6.07, 6.45) is 0. The summed E-state index contributed by atoms with van der Waals surface area (Å²) in [7, 11) is 0. The highest BCUT2D eigenvalue weighted by molar-refractivity contribution is 5.98. The SMILES string of the molecule is CCOC(=O)c1cc2c(=O)n(C(C)=O)[nH]c2nc1N. The van der Waals surface area contributed by atoms with Gasteiger partial charge in [-0.3, -0.25) is 14.7 Å². The van der Waals surface area contributed by atoms with Crippen molar-refractivity contribution in [1.82, 2.24) is 14.8 Å². The van der Waals surface area contributed by atoms with Crippen LogP contribution >= 0.6 is 0 Å². The molecule has 0 fully saturated rings. The molecule has 0 saturated heterocycles. The third-order valence-corrected chi connectivity index (χ3v) is 2.51. The molecule has 0 bridgehead atoms. The van der Waals surface area contributed by atoms with Crippen molar-refractivity contribution in [2.24, 2.45) is 0 Å². The van der Waals surface area contributed by atoms with E-state index in [4.69, 9.17) is 10.5 Å². The molecule has 0 atom stereocenters. The molecular weight excluding hydrogens is 252 g/mol. The second-order valence-electron chi connectivity index (χ2n) is 3.81. The molecule has 3 N–H and O–H groups in total. The van der Waals surface area contributed by atoms with Crippen LogP contribution in [-0.2, 0) is 4.74 Å². The molecule has 0 aliphatic carbocycles. The number of ether oxygens (including phenoxy) is 1. The Morgan fingerprint density at radius 3 is 2.79 bits per heavy atom. The Morgan fingerprint density at radius 1 is 1.53 bits per heavy atom. The van der Waals surface area contributed by atoms with Gasteiger partial charge in [-0.05, 0) is 13.0 Å². The van der Waals surface area contributed by atoms with E-state index in [2.05, 4.69) is 10.1 Å². The number of pyridine rings is 1. The van der Waals surface area contributed by atoms with Gasteiger partial charge >= 0.3 is 5.97 Å². The molecule has 2 aromatic rings. The molecule has 0 aliphatic heterocycles. The quantitative estimate of drug-likeness (QED) is 0.744. The van der Waals surface area contributed by atoms with Crippen LogP contribution in [0.4, 0.5) is 5.82 Å². The lowest BCUT2D eigenvalue weighted by molar-refractivity contribution is 0.0527. The van der Waals surface area contributed by atoms with E-state index in [-0.39, 0.29) is 29.0 Å². The Labute approximate surface area is 107 Å². The van der Waals surface area contributed by atoms with Crippen molar-refractivity contribution in [3.63, 3.8) is 0 Å². The van der Waals surface area contributed by atoms with Gasteiger partial charge in [0.2, 0.25) is 5.91 Å². The second kappa shape index (κ2) is 4.56. The Kier molecular flexibility index (Phi) is 3.07. The average Bonchev–Trinajstić information content (AvgIpc) is 2.65. The molecule has 100 valence electrons. The number of nitrogens with zero attached hydrogens (tertiary/aromatic N) is 2. The highest BCUT2D eigenvalue weighted by Gasteiger charge is 2.18. The molecule has 8 heteroatoms. The summed E-state index contributed by atoms with van der Waals surface area (Å²) >= 11 is 0. The number of hydrogen-bond acceptors (Lipinski definition) is 6. The molecule has 0 aliphatic rings. The van der Waals surface area contributed by atoms with Crippen LogP contribution in [0.5, 0.6) is 0 Å². The lowest BCUT2D eigenvalue weighted by atomic mass is 10.2. The van der Waals surface area contributed by atoms with Crippen LogP contribution in [0.3, 0.4) is 0 Å². The molecule has 2 rings (SSSR count). The van der Waals surface area contributed by atoms with Gasteiger partial charge in [0.15, 0.2) is 5.65 Å². The normalized spacial score (nSPS) is 10.6. The molecule has 0 saturated carbocycles. The van der Waals surface area contributed by atoms with Crippen molar-refractivity contribution in [3.8, 4) is 0 Å². The molecule has 0 radical (unpaired) electrons. The topological polar surface area (TPSA) is 120 Å². The van der Waals surface area contributed by atoms with Crippen molar-refractivity contribution in [2.75, 3.05) is 12.3 Å². The number of aromatic nitrogens is 3. The van der Waals surface area contributed by atoms with E-state index >= 15 is 0 Å². The van der Waals surface area contributed by atoms with Gasteiger partial charge in [-0.15, -0.1) is 0 Å². The molecule has 19 heavy (non-hydrogen) atoms. The van der Waals surface area contributed by atoms with Crippen LogP contribution in [0.1, 0.15) is 29.0 Å². The predicted molar refractivity (Wildman–Crippen MR) is 67.0 cm³/mol. The molecule has 0 unspecified atom stereocenters. The molecular formula is C11H12N4O4. The fraction of sp³-hybridized carbons (Fsp3) is 0.273. The summed E-state index contributed by atoms with van der Waals surface area (Å²) in [5.41, 5.74) is 5.19. The highest BCUT2D eigenvalue weighted by atomic mass is 16.5. The van der Waals surface area contributed by atoms with E-state index in [9.17, 15) is 14.4 Å². The Hall–Kier alpha value is -2.64. The van der Waals surface area contributed by atoms with Crippen LogP contribution < -0.4 is 11.3 Å². The number of carbonyl (C=O) groups excluding carboxylic acids is 2. The van der Waals surface area contributed by atoms with E-state index in [1.807, 2.05) is 0 Å². The maximum absolute atomic E-state index is 11.9. The smallest absolute Gasteiger partial charge is 0.341 e. The molecule has 0 amide bonds. The number of carbonyl (C=O) groups is 2. The number of nitrogens with one attached hydrogen (secondary N) is 1. The highest BCUT2D eigenvalue weighted by Crippen LogP contribution is 2.15. The summed E-state index contributed by atoms with van der Waals surface area (Å²) in [6, 6.07) is 1.27. The number of anilines is 1. The Morgan fingerprint density at radius 2 is 2.21 bits per heavy atom. The number of fused-ring (bicyclic) bond motifs is 1. The number of esters is 1. The van der Waals surface area contributed by atoms with E-state index in [1.165, 1.54) is 13.0 Å². The molecule has 0 aromatic carbocycles. The predicted octanol–water partition coefficient (Wildman–Crippen LogP) is 0.144. The maximum Gasteiger partial charge on any atom is 0.341 e. The van der Waals surface area contributed by atoms with Gasteiger partial charge in [0.25, 0.3) is 5.56 Å². The van der Waals surface area contributed by atoms with Gasteiger partial charge in [-0.2, -0.15) is 4.68 Å². The standard InChI is InChI=1S/C11H12N4O4/c1-3-19-11(18)6-4-7-9(13-8(6)12)14-15(5(2)16)10(7)17/h4H,3H2,1-2H3,(H3,12,13,14). The summed E-state index contributed by atoms with van der Waals surface area (Å²) in [5.74, 6) is -1.22. The minimum atomic E-state index is -0.663. The number of aromatic amines is 1. The van der Waals surface area contributed by atoms with Crippen molar-refractivity contribution in [2.45, 2.75) is 13.8 Å². The van der Waals surface area contributed by atoms with Gasteiger partial charge in [0, 0.05) is 6.92 Å². The third kappa shape index (κ3) is 2.07. The van der Waals surface area contributed by atoms with Gasteiger partial charge in [-0.25, -0.2) is 9.78 Å². The van der Waals surface area contributed by atoms with Gasteiger partial charge in [-0.1, -0.05) is 0 Å². The first-order valence-electron chi connectivity index (χ1n) is 5.55. The largest absolute Gasteiger partial charge is 0.462 e. The zero-order valence-corrected chi connectivity index (χ0v) is 10.4. The lowest BCUT2D eigenvalue weighted by Crippen LogP contribution is -2.21. The van der Waals surface area contributed by atoms with E-state index in [0.717, 1.165) is 4.68 Å². The maximum atomic E-state index is 11.9. The van der Waals surface area contributed by atoms with E-state index < -0.39 is 17.4 Å². The average molecular weight is 264 g/mol. The number of H-pyrrole nitrogens is 1. The van der Waals surface area contributed by atoms with Gasteiger partial charge in [0.1, 0.15) is 11.4 Å². The summed E-state index contributed by atoms with van der Waals surface area (Å²) < 4.78 is 5.60. The Balaban J connectivity index is 2.68. The Bertz CT molecular complexity index is 728. The number of rotatable bonds is 2. The molecule has 2 heterocycles. The molecule has 0 spiro atoms.